The third-order valence-corrected chi connectivity index (χ3v) is 1.06. The lowest BCUT2D eigenvalue weighted by Crippen LogP contribution is -2.37. The van der Waals surface area contributed by atoms with E-state index in [9.17, 15) is 38.6 Å². The third kappa shape index (κ3) is 4.60. The van der Waals surface area contributed by atoms with E-state index in [1.807, 2.05) is 0 Å². The Kier molecular flexibility index (Phi) is 3.38. The molecular weight excluding hydrogens is 249 g/mol. The molecule has 85 valence electrons. The summed E-state index contributed by atoms with van der Waals surface area (Å²) in [6, 6.07) is 0. The van der Waals surface area contributed by atoms with E-state index in [4.69, 9.17) is 0 Å². The SMILES string of the molecule is O=S(=O)(F)O[C](C(F)(F)F)C(F)(F)F. The first-order chi connectivity index (χ1) is 5.84. The molecule has 14 heavy (non-hydrogen) atoms. The Morgan fingerprint density at radius 3 is 1.29 bits per heavy atom. The minimum atomic E-state index is -6.37. The van der Waals surface area contributed by atoms with Crippen molar-refractivity contribution in [3.05, 3.63) is 6.10 Å². The largest absolute Gasteiger partial charge is 0.438 e. The number of hydrogen-bond donors (Lipinski definition) is 0. The Morgan fingerprint density at radius 2 is 1.21 bits per heavy atom. The molecule has 0 unspecified atom stereocenters. The van der Waals surface area contributed by atoms with Gasteiger partial charge in [0.1, 0.15) is 0 Å². The summed E-state index contributed by atoms with van der Waals surface area (Å²) in [6.07, 6.45) is -16.1. The predicted molar refractivity (Wildman–Crippen MR) is 26.5 cm³/mol. The fourth-order valence-corrected chi connectivity index (χ4v) is 0.743. The summed E-state index contributed by atoms with van der Waals surface area (Å²) in [4.78, 5) is 0. The first-order valence-electron chi connectivity index (χ1n) is 2.49. The standard InChI is InChI=1S/C3F7O3S/c4-2(5,6)1(3(7,8)9)13-14(10,11)12. The van der Waals surface area contributed by atoms with Crippen molar-refractivity contribution in [1.29, 1.82) is 0 Å². The molecule has 0 amide bonds. The molecule has 0 saturated carbocycles. The molecule has 0 aliphatic rings. The summed E-state index contributed by atoms with van der Waals surface area (Å²) in [6.45, 7) is 0. The van der Waals surface area contributed by atoms with Crippen LogP contribution in [0.15, 0.2) is 0 Å². The van der Waals surface area contributed by atoms with E-state index in [-0.39, 0.29) is 0 Å². The van der Waals surface area contributed by atoms with Crippen LogP contribution < -0.4 is 0 Å². The Morgan fingerprint density at radius 1 is 0.929 bits per heavy atom. The van der Waals surface area contributed by atoms with Gasteiger partial charge in [-0.05, 0) is 0 Å². The number of alkyl halides is 6. The molecule has 0 heterocycles. The molecule has 1 radical (unpaired) electrons. The lowest BCUT2D eigenvalue weighted by atomic mass is 10.3. The van der Waals surface area contributed by atoms with Gasteiger partial charge in [-0.15, -0.1) is 0 Å². The highest BCUT2D eigenvalue weighted by molar-refractivity contribution is 7.81. The first kappa shape index (κ1) is 13.4. The summed E-state index contributed by atoms with van der Waals surface area (Å²) in [5.74, 6) is 0. The molecule has 3 nitrogen and oxygen atoms in total. The molecule has 0 saturated heterocycles. The number of hydrogen-bond acceptors (Lipinski definition) is 3. The summed E-state index contributed by atoms with van der Waals surface area (Å²) in [5.41, 5.74) is 0. The lowest BCUT2D eigenvalue weighted by Gasteiger charge is -2.18. The van der Waals surface area contributed by atoms with Gasteiger partial charge in [-0.2, -0.15) is 34.8 Å². The van der Waals surface area contributed by atoms with Crippen LogP contribution in [0.4, 0.5) is 30.2 Å². The molecule has 0 aliphatic carbocycles. The topological polar surface area (TPSA) is 43.4 Å². The monoisotopic (exact) mass is 249 g/mol. The number of halogens is 7. The van der Waals surface area contributed by atoms with Crippen LogP contribution in [0, 0.1) is 6.10 Å². The second-order valence-corrected chi connectivity index (χ2v) is 2.75. The maximum absolute atomic E-state index is 11.4. The van der Waals surface area contributed by atoms with Crippen molar-refractivity contribution in [2.45, 2.75) is 12.4 Å². The Labute approximate surface area is 72.9 Å². The minimum absolute atomic E-state index is 2.14. The van der Waals surface area contributed by atoms with Gasteiger partial charge in [0.25, 0.3) is 0 Å². The van der Waals surface area contributed by atoms with E-state index in [1.54, 1.807) is 0 Å². The van der Waals surface area contributed by atoms with Crippen molar-refractivity contribution in [2.75, 3.05) is 0 Å². The van der Waals surface area contributed by atoms with E-state index in [0.717, 1.165) is 0 Å². The van der Waals surface area contributed by atoms with Gasteiger partial charge in [0.05, 0.1) is 0 Å². The summed E-state index contributed by atoms with van der Waals surface area (Å²) >= 11 is 0. The molecule has 0 spiro atoms. The highest BCUT2D eigenvalue weighted by Crippen LogP contribution is 2.42. The van der Waals surface area contributed by atoms with Crippen LogP contribution >= 0.6 is 0 Å². The summed E-state index contributed by atoms with van der Waals surface area (Å²) < 4.78 is 101. The van der Waals surface area contributed by atoms with Crippen LogP contribution in [0.5, 0.6) is 0 Å². The van der Waals surface area contributed by atoms with Gasteiger partial charge in [0, 0.05) is 0 Å². The van der Waals surface area contributed by atoms with Crippen molar-refractivity contribution >= 4 is 10.5 Å². The molecule has 0 aromatic carbocycles. The van der Waals surface area contributed by atoms with Gasteiger partial charge in [-0.3, -0.25) is 0 Å². The van der Waals surface area contributed by atoms with Crippen molar-refractivity contribution in [1.82, 2.24) is 0 Å². The molecule has 0 atom stereocenters. The molecule has 0 bridgehead atoms. The van der Waals surface area contributed by atoms with Crippen molar-refractivity contribution in [2.24, 2.45) is 0 Å². The van der Waals surface area contributed by atoms with E-state index in [0.29, 0.717) is 0 Å². The molecule has 0 aliphatic heterocycles. The molecule has 11 heteroatoms. The van der Waals surface area contributed by atoms with Gasteiger partial charge in [-0.25, -0.2) is 4.18 Å². The van der Waals surface area contributed by atoms with E-state index >= 15 is 0 Å². The van der Waals surface area contributed by atoms with Crippen LogP contribution in [0.1, 0.15) is 0 Å². The van der Waals surface area contributed by atoms with Crippen LogP contribution in [-0.4, -0.2) is 20.8 Å². The lowest BCUT2D eigenvalue weighted by molar-refractivity contribution is -0.244. The third-order valence-electron chi connectivity index (χ3n) is 0.698. The maximum Gasteiger partial charge on any atom is 0.438 e. The van der Waals surface area contributed by atoms with E-state index < -0.39 is 29.0 Å². The van der Waals surface area contributed by atoms with Crippen LogP contribution in [0.3, 0.4) is 0 Å². The van der Waals surface area contributed by atoms with E-state index in [1.165, 1.54) is 0 Å². The summed E-state index contributed by atoms with van der Waals surface area (Å²) in [5, 5.41) is 0. The molecule has 0 aromatic rings. The fraction of sp³-hybridized carbons (Fsp3) is 0.667. The normalized spacial score (nSPS) is 14.9. The Hall–Kier alpha value is -0.580. The average Bonchev–Trinajstić information content (AvgIpc) is 1.75. The van der Waals surface area contributed by atoms with Gasteiger partial charge >= 0.3 is 29.0 Å². The van der Waals surface area contributed by atoms with E-state index in [2.05, 4.69) is 4.18 Å². The second kappa shape index (κ2) is 3.53. The van der Waals surface area contributed by atoms with Crippen molar-refractivity contribution in [3.8, 4) is 0 Å². The molecule has 0 N–H and O–H groups in total. The van der Waals surface area contributed by atoms with Gasteiger partial charge in [0.2, 0.25) is 0 Å². The minimum Gasteiger partial charge on any atom is -0.214 e. The first-order valence-corrected chi connectivity index (χ1v) is 3.80. The van der Waals surface area contributed by atoms with Gasteiger partial charge in [-0.1, -0.05) is 3.89 Å². The van der Waals surface area contributed by atoms with Gasteiger partial charge < -0.3 is 0 Å². The molecule has 0 fully saturated rings. The average molecular weight is 249 g/mol. The quantitative estimate of drug-likeness (QED) is 0.554. The van der Waals surface area contributed by atoms with Gasteiger partial charge in [0.15, 0.2) is 0 Å². The predicted octanol–water partition coefficient (Wildman–Crippen LogP) is 1.87. The summed E-state index contributed by atoms with van der Waals surface area (Å²) in [7, 11) is -6.37. The molecule has 0 rings (SSSR count). The highest BCUT2D eigenvalue weighted by Gasteiger charge is 2.62. The van der Waals surface area contributed by atoms with Crippen molar-refractivity contribution < 1.29 is 42.8 Å². The fourth-order valence-electron chi connectivity index (χ4n) is 0.355. The van der Waals surface area contributed by atoms with Crippen LogP contribution in [0.25, 0.3) is 0 Å². The van der Waals surface area contributed by atoms with Crippen LogP contribution in [-0.2, 0) is 14.7 Å². The zero-order chi connectivity index (χ0) is 11.8. The Bertz CT molecular complexity index is 272. The second-order valence-electron chi connectivity index (χ2n) is 1.80. The zero-order valence-corrected chi connectivity index (χ0v) is 6.60. The molecule has 0 aromatic heterocycles. The zero-order valence-electron chi connectivity index (χ0n) is 5.78. The number of rotatable bonds is 2. The molecular formula is C3F7O3S. The van der Waals surface area contributed by atoms with Crippen LogP contribution in [0.2, 0.25) is 0 Å². The van der Waals surface area contributed by atoms with Crippen molar-refractivity contribution in [3.63, 3.8) is 0 Å². The maximum atomic E-state index is 11.4. The Balaban J connectivity index is 4.97. The smallest absolute Gasteiger partial charge is 0.214 e. The highest BCUT2D eigenvalue weighted by atomic mass is 32.3.